The Labute approximate surface area is 96.4 Å². The number of amides is 1. The van der Waals surface area contributed by atoms with Crippen molar-refractivity contribution in [3.63, 3.8) is 0 Å². The summed E-state index contributed by atoms with van der Waals surface area (Å²) in [6.45, 7) is 8.03. The first-order chi connectivity index (χ1) is 7.41. The van der Waals surface area contributed by atoms with E-state index in [4.69, 9.17) is 0 Å². The molecule has 0 radical (unpaired) electrons. The van der Waals surface area contributed by atoms with Crippen LogP contribution in [0.4, 0.5) is 0 Å². The Kier molecular flexibility index (Phi) is 4.04. The molecule has 5 nitrogen and oxygen atoms in total. The van der Waals surface area contributed by atoms with E-state index in [2.05, 4.69) is 10.3 Å². The van der Waals surface area contributed by atoms with Crippen molar-refractivity contribution in [3.8, 4) is 0 Å². The first-order valence-electron chi connectivity index (χ1n) is 5.58. The number of rotatable bonds is 4. The molecule has 1 rings (SSSR count). The first kappa shape index (κ1) is 12.7. The van der Waals surface area contributed by atoms with Crippen LogP contribution in [-0.4, -0.2) is 38.9 Å². The lowest BCUT2D eigenvalue weighted by molar-refractivity contribution is -0.130. The van der Waals surface area contributed by atoms with E-state index in [-0.39, 0.29) is 18.0 Å². The Morgan fingerprint density at radius 2 is 2.06 bits per heavy atom. The number of carbonyl (C=O) groups excluding carboxylic acids is 1. The molecule has 0 aliphatic rings. The average molecular weight is 224 g/mol. The topological polar surface area (TPSA) is 51.0 Å². The van der Waals surface area contributed by atoms with Crippen LogP contribution in [-0.2, 0) is 11.2 Å². The minimum Gasteiger partial charge on any atom is -0.343 e. The molecule has 1 amide bonds. The van der Waals surface area contributed by atoms with Gasteiger partial charge < -0.3 is 4.90 Å². The van der Waals surface area contributed by atoms with Gasteiger partial charge in [0.1, 0.15) is 0 Å². The van der Waals surface area contributed by atoms with Crippen LogP contribution in [0.3, 0.4) is 0 Å². The van der Waals surface area contributed by atoms with E-state index in [1.807, 2.05) is 33.9 Å². The van der Waals surface area contributed by atoms with Gasteiger partial charge in [0.25, 0.3) is 0 Å². The Bertz CT molecular complexity index is 357. The van der Waals surface area contributed by atoms with Crippen molar-refractivity contribution >= 4 is 5.91 Å². The van der Waals surface area contributed by atoms with Crippen molar-refractivity contribution in [2.24, 2.45) is 0 Å². The minimum absolute atomic E-state index is 0.0748. The van der Waals surface area contributed by atoms with Crippen molar-refractivity contribution in [1.82, 2.24) is 19.9 Å². The molecule has 90 valence electrons. The summed E-state index contributed by atoms with van der Waals surface area (Å²) in [5.41, 5.74) is 0.728. The lowest BCUT2D eigenvalue weighted by atomic mass is 10.2. The third kappa shape index (κ3) is 3.05. The summed E-state index contributed by atoms with van der Waals surface area (Å²) in [6.07, 6.45) is 2.15. The Balaban J connectivity index is 2.63. The second kappa shape index (κ2) is 5.09. The number of likely N-dealkylation sites (N-methyl/N-ethyl adjacent to an activating group) is 1. The lowest BCUT2D eigenvalue weighted by Crippen LogP contribution is -2.34. The summed E-state index contributed by atoms with van der Waals surface area (Å²) in [5.74, 6) is 0.0748. The van der Waals surface area contributed by atoms with Gasteiger partial charge in [0, 0.05) is 25.3 Å². The molecule has 5 heteroatoms. The molecule has 1 heterocycles. The van der Waals surface area contributed by atoms with E-state index in [1.54, 1.807) is 16.6 Å². The van der Waals surface area contributed by atoms with E-state index < -0.39 is 0 Å². The number of hydrogen-bond donors (Lipinski definition) is 0. The van der Waals surface area contributed by atoms with E-state index >= 15 is 0 Å². The van der Waals surface area contributed by atoms with Gasteiger partial charge in [0.2, 0.25) is 5.91 Å². The highest BCUT2D eigenvalue weighted by Gasteiger charge is 2.14. The van der Waals surface area contributed by atoms with Crippen LogP contribution in [0.15, 0.2) is 6.20 Å². The van der Waals surface area contributed by atoms with Crippen LogP contribution in [0.2, 0.25) is 0 Å². The van der Waals surface area contributed by atoms with E-state index in [0.717, 1.165) is 5.69 Å². The maximum Gasteiger partial charge on any atom is 0.228 e. The Morgan fingerprint density at radius 3 is 2.50 bits per heavy atom. The molecular weight excluding hydrogens is 204 g/mol. The van der Waals surface area contributed by atoms with Crippen molar-refractivity contribution < 1.29 is 4.79 Å². The van der Waals surface area contributed by atoms with E-state index in [0.29, 0.717) is 6.42 Å². The van der Waals surface area contributed by atoms with Crippen LogP contribution < -0.4 is 0 Å². The number of carbonyl (C=O) groups is 1. The maximum absolute atomic E-state index is 11.8. The molecule has 1 aromatic rings. The van der Waals surface area contributed by atoms with Crippen molar-refractivity contribution in [1.29, 1.82) is 0 Å². The summed E-state index contributed by atoms with van der Waals surface area (Å²) in [4.78, 5) is 13.5. The zero-order valence-electron chi connectivity index (χ0n) is 10.6. The fraction of sp³-hybridized carbons (Fsp3) is 0.727. The highest BCUT2D eigenvalue weighted by atomic mass is 16.2. The molecule has 0 bridgehead atoms. The maximum atomic E-state index is 11.8. The first-order valence-corrected chi connectivity index (χ1v) is 5.58. The molecule has 0 aromatic carbocycles. The third-order valence-corrected chi connectivity index (χ3v) is 2.59. The molecular formula is C11H20N4O. The molecule has 1 aromatic heterocycles. The SMILES string of the molecule is CC(C)N(C)C(=O)Cc1cn(C(C)C)nn1. The summed E-state index contributed by atoms with van der Waals surface area (Å²) in [5, 5.41) is 7.95. The minimum atomic E-state index is 0.0748. The van der Waals surface area contributed by atoms with Gasteiger partial charge in [-0.05, 0) is 27.7 Å². The van der Waals surface area contributed by atoms with Crippen LogP contribution in [0, 0.1) is 0 Å². The standard InChI is InChI=1S/C11H20N4O/c1-8(2)14(5)11(16)6-10-7-15(9(3)4)13-12-10/h7-9H,6H2,1-5H3. The number of hydrogen-bond acceptors (Lipinski definition) is 3. The summed E-state index contributed by atoms with van der Waals surface area (Å²) in [7, 11) is 1.81. The van der Waals surface area contributed by atoms with Crippen LogP contribution in [0.1, 0.15) is 39.4 Å². The molecule has 0 spiro atoms. The smallest absolute Gasteiger partial charge is 0.228 e. The van der Waals surface area contributed by atoms with Gasteiger partial charge in [-0.2, -0.15) is 0 Å². The zero-order valence-corrected chi connectivity index (χ0v) is 10.6. The fourth-order valence-electron chi connectivity index (χ4n) is 1.21. The van der Waals surface area contributed by atoms with Gasteiger partial charge in [-0.1, -0.05) is 5.21 Å². The van der Waals surface area contributed by atoms with Crippen LogP contribution in [0.5, 0.6) is 0 Å². The molecule has 0 unspecified atom stereocenters. The molecule has 0 saturated heterocycles. The quantitative estimate of drug-likeness (QED) is 0.774. The van der Waals surface area contributed by atoms with Crippen molar-refractivity contribution in [3.05, 3.63) is 11.9 Å². The molecule has 0 fully saturated rings. The molecule has 0 N–H and O–H groups in total. The van der Waals surface area contributed by atoms with Gasteiger partial charge in [-0.25, -0.2) is 4.68 Å². The highest BCUT2D eigenvalue weighted by molar-refractivity contribution is 5.78. The molecule has 0 saturated carbocycles. The summed E-state index contributed by atoms with van der Waals surface area (Å²) in [6, 6.07) is 0.492. The second-order valence-corrected chi connectivity index (χ2v) is 4.56. The summed E-state index contributed by atoms with van der Waals surface area (Å²) >= 11 is 0. The van der Waals surface area contributed by atoms with E-state index in [1.165, 1.54) is 0 Å². The van der Waals surface area contributed by atoms with Gasteiger partial charge >= 0.3 is 0 Å². The normalized spacial score (nSPS) is 11.2. The fourth-order valence-corrected chi connectivity index (χ4v) is 1.21. The van der Waals surface area contributed by atoms with Crippen LogP contribution >= 0.6 is 0 Å². The van der Waals surface area contributed by atoms with E-state index in [9.17, 15) is 4.79 Å². The molecule has 16 heavy (non-hydrogen) atoms. The highest BCUT2D eigenvalue weighted by Crippen LogP contribution is 2.05. The molecule has 0 aliphatic heterocycles. The van der Waals surface area contributed by atoms with Gasteiger partial charge in [0.05, 0.1) is 12.1 Å². The predicted octanol–water partition coefficient (Wildman–Crippen LogP) is 1.27. The molecule has 0 atom stereocenters. The predicted molar refractivity (Wildman–Crippen MR) is 62.0 cm³/mol. The second-order valence-electron chi connectivity index (χ2n) is 4.56. The largest absolute Gasteiger partial charge is 0.343 e. The summed E-state index contributed by atoms with van der Waals surface area (Å²) < 4.78 is 1.76. The third-order valence-electron chi connectivity index (χ3n) is 2.59. The average Bonchev–Trinajstić information content (AvgIpc) is 2.64. The van der Waals surface area contributed by atoms with Gasteiger partial charge in [0.15, 0.2) is 0 Å². The zero-order chi connectivity index (χ0) is 12.3. The number of aromatic nitrogens is 3. The monoisotopic (exact) mass is 224 g/mol. The van der Waals surface area contributed by atoms with Crippen molar-refractivity contribution in [2.45, 2.75) is 46.2 Å². The van der Waals surface area contributed by atoms with Crippen LogP contribution in [0.25, 0.3) is 0 Å². The lowest BCUT2D eigenvalue weighted by Gasteiger charge is -2.20. The van der Waals surface area contributed by atoms with Gasteiger partial charge in [-0.3, -0.25) is 4.79 Å². The Morgan fingerprint density at radius 1 is 1.44 bits per heavy atom. The Hall–Kier alpha value is -1.39. The molecule has 0 aliphatic carbocycles. The number of nitrogens with zero attached hydrogens (tertiary/aromatic N) is 4. The van der Waals surface area contributed by atoms with Gasteiger partial charge in [-0.15, -0.1) is 5.10 Å². The van der Waals surface area contributed by atoms with Crippen molar-refractivity contribution in [2.75, 3.05) is 7.05 Å².